The average molecular weight is 415 g/mol. The fraction of sp³-hybridized carbons (Fsp3) is 0.435. The predicted octanol–water partition coefficient (Wildman–Crippen LogP) is 0.884. The lowest BCUT2D eigenvalue weighted by Crippen LogP contribution is -3.11. The maximum absolute atomic E-state index is 10.7. The number of aliphatic hydroxyl groups is 1. The normalized spacial score (nSPS) is 12.4. The third kappa shape index (κ3) is 4.86. The van der Waals surface area contributed by atoms with Crippen molar-refractivity contribution in [3.63, 3.8) is 0 Å². The van der Waals surface area contributed by atoms with Gasteiger partial charge in [-0.1, -0.05) is 24.3 Å². The summed E-state index contributed by atoms with van der Waals surface area (Å²) in [5, 5.41) is 10.7. The molecule has 30 heavy (non-hydrogen) atoms. The third-order valence-corrected chi connectivity index (χ3v) is 5.60. The van der Waals surface area contributed by atoms with E-state index in [1.165, 1.54) is 4.90 Å². The number of rotatable bonds is 11. The Morgan fingerprint density at radius 3 is 2.43 bits per heavy atom. The van der Waals surface area contributed by atoms with Crippen LogP contribution in [0.1, 0.15) is 13.8 Å². The number of anilines is 1. The molecular weight excluding hydrogens is 380 g/mol. The van der Waals surface area contributed by atoms with Crippen LogP contribution in [0.2, 0.25) is 0 Å². The summed E-state index contributed by atoms with van der Waals surface area (Å²) in [7, 11) is 1.60. The lowest BCUT2D eigenvalue weighted by atomic mass is 10.3. The number of nitrogen functional groups attached to an aromatic ring is 1. The van der Waals surface area contributed by atoms with Crippen molar-refractivity contribution in [1.29, 1.82) is 0 Å². The second-order valence-electron chi connectivity index (χ2n) is 7.43. The molecule has 3 rings (SSSR count). The molecule has 3 aromatic rings. The van der Waals surface area contributed by atoms with E-state index >= 15 is 0 Å². The molecule has 1 atom stereocenters. The highest BCUT2D eigenvalue weighted by Crippen LogP contribution is 2.25. The van der Waals surface area contributed by atoms with E-state index in [-0.39, 0.29) is 6.61 Å². The Morgan fingerprint density at radius 2 is 1.73 bits per heavy atom. The molecule has 0 aliphatic carbocycles. The van der Waals surface area contributed by atoms with Crippen LogP contribution in [0.4, 0.5) is 5.95 Å². The summed E-state index contributed by atoms with van der Waals surface area (Å²) < 4.78 is 15.2. The van der Waals surface area contributed by atoms with Crippen LogP contribution < -0.4 is 24.7 Å². The van der Waals surface area contributed by atoms with Gasteiger partial charge in [-0.2, -0.15) is 0 Å². The number of likely N-dealkylation sites (N-methyl/N-ethyl adjacent to an activating group) is 1. The summed E-state index contributed by atoms with van der Waals surface area (Å²) in [5.41, 5.74) is 8.63. The van der Waals surface area contributed by atoms with Gasteiger partial charge in [0.25, 0.3) is 0 Å². The number of benzene rings is 2. The van der Waals surface area contributed by atoms with E-state index in [0.717, 1.165) is 37.2 Å². The third-order valence-electron chi connectivity index (χ3n) is 5.60. The molecule has 0 saturated heterocycles. The summed E-state index contributed by atoms with van der Waals surface area (Å²) in [6.45, 7) is 8.94. The zero-order valence-electron chi connectivity index (χ0n) is 18.2. The molecule has 162 valence electrons. The maximum Gasteiger partial charge on any atom is 0.356 e. The number of aromatic nitrogens is 2. The number of imidazole rings is 1. The number of methoxy groups -OCH3 is 1. The maximum atomic E-state index is 10.7. The molecule has 7 nitrogen and oxygen atoms in total. The first-order chi connectivity index (χ1) is 14.6. The van der Waals surface area contributed by atoms with Crippen LogP contribution in [-0.2, 0) is 13.1 Å². The minimum Gasteiger partial charge on any atom is -0.493 e. The van der Waals surface area contributed by atoms with Crippen LogP contribution in [0.25, 0.3) is 11.0 Å². The lowest BCUT2D eigenvalue weighted by molar-refractivity contribution is -0.897. The molecule has 0 aliphatic rings. The number of aliphatic hydroxyl groups excluding tert-OH is 1. The Kier molecular flexibility index (Phi) is 7.54. The van der Waals surface area contributed by atoms with Crippen molar-refractivity contribution in [1.82, 2.24) is 4.57 Å². The number of para-hydroxylation sites is 4. The number of fused-ring (bicyclic) bond motifs is 1. The van der Waals surface area contributed by atoms with Crippen molar-refractivity contribution >= 4 is 17.0 Å². The molecule has 0 aliphatic heterocycles. The number of nitrogens with zero attached hydrogens (tertiary/aromatic N) is 2. The van der Waals surface area contributed by atoms with Gasteiger partial charge in [-0.15, -0.1) is 0 Å². The second-order valence-corrected chi connectivity index (χ2v) is 7.43. The zero-order valence-corrected chi connectivity index (χ0v) is 18.2. The minimum absolute atomic E-state index is 0.149. The summed E-state index contributed by atoms with van der Waals surface area (Å²) in [4.78, 5) is 1.53. The zero-order chi connectivity index (χ0) is 21.5. The van der Waals surface area contributed by atoms with E-state index in [9.17, 15) is 5.11 Å². The first-order valence-electron chi connectivity index (χ1n) is 10.6. The molecule has 2 aromatic carbocycles. The summed E-state index contributed by atoms with van der Waals surface area (Å²) in [6, 6.07) is 15.6. The van der Waals surface area contributed by atoms with Gasteiger partial charge in [0.15, 0.2) is 11.5 Å². The number of ether oxygens (including phenoxy) is 2. The van der Waals surface area contributed by atoms with Crippen LogP contribution in [0.3, 0.4) is 0 Å². The van der Waals surface area contributed by atoms with Gasteiger partial charge in [0.2, 0.25) is 0 Å². The quantitative estimate of drug-likeness (QED) is 0.407. The number of nitrogens with one attached hydrogen (secondary N) is 1. The van der Waals surface area contributed by atoms with Crippen molar-refractivity contribution in [2.75, 3.05) is 39.1 Å². The van der Waals surface area contributed by atoms with Gasteiger partial charge in [-0.05, 0) is 38.1 Å². The Bertz CT molecular complexity index is 953. The molecule has 1 aromatic heterocycles. The number of hydrogen-bond acceptors (Lipinski definition) is 4. The van der Waals surface area contributed by atoms with Gasteiger partial charge in [-0.3, -0.25) is 5.73 Å². The molecule has 4 N–H and O–H groups in total. The Labute approximate surface area is 178 Å². The van der Waals surface area contributed by atoms with E-state index in [1.807, 2.05) is 47.0 Å². The largest absolute Gasteiger partial charge is 0.493 e. The van der Waals surface area contributed by atoms with Gasteiger partial charge < -0.3 is 19.5 Å². The lowest BCUT2D eigenvalue weighted by Gasteiger charge is -2.15. The molecular formula is C23H34N4O3+2. The number of hydrogen-bond donors (Lipinski definition) is 3. The highest BCUT2D eigenvalue weighted by atomic mass is 16.5. The standard InChI is InChI=1S/C23H32N4O3/c1-4-25(5-2)14-15-26-19-10-6-7-11-20(19)27(23(26)24)16-18(28)17-30-22-13-9-8-12-21(22)29-3/h6-13,18,24,28H,4-5,14-17H2,1-3H3/p+2/t18-/m0/s1. The first-order valence-corrected chi connectivity index (χ1v) is 10.6. The minimum atomic E-state index is -0.713. The fourth-order valence-corrected chi connectivity index (χ4v) is 3.80. The molecule has 0 amide bonds. The van der Waals surface area contributed by atoms with E-state index < -0.39 is 6.10 Å². The molecule has 7 heteroatoms. The summed E-state index contributed by atoms with van der Waals surface area (Å²) in [6.07, 6.45) is -0.713. The van der Waals surface area contributed by atoms with Crippen molar-refractivity contribution in [2.45, 2.75) is 33.0 Å². The van der Waals surface area contributed by atoms with E-state index in [2.05, 4.69) is 24.5 Å². The van der Waals surface area contributed by atoms with Crippen molar-refractivity contribution in [3.05, 3.63) is 48.5 Å². The smallest absolute Gasteiger partial charge is 0.356 e. The van der Waals surface area contributed by atoms with E-state index in [1.54, 1.807) is 7.11 Å². The van der Waals surface area contributed by atoms with Crippen LogP contribution in [0, 0.1) is 0 Å². The van der Waals surface area contributed by atoms with E-state index in [0.29, 0.717) is 24.0 Å². The fourth-order valence-electron chi connectivity index (χ4n) is 3.80. The second kappa shape index (κ2) is 10.3. The van der Waals surface area contributed by atoms with Crippen molar-refractivity contribution in [2.24, 2.45) is 0 Å². The number of nitrogens with two attached hydrogens (primary N) is 1. The molecule has 0 spiro atoms. The first kappa shape index (κ1) is 21.9. The van der Waals surface area contributed by atoms with Crippen molar-refractivity contribution in [3.8, 4) is 11.5 Å². The topological polar surface area (TPSA) is 78.0 Å². The molecule has 0 fully saturated rings. The van der Waals surface area contributed by atoms with Crippen LogP contribution in [0.5, 0.6) is 11.5 Å². The average Bonchev–Trinajstić information content (AvgIpc) is 3.04. The monoisotopic (exact) mass is 414 g/mol. The highest BCUT2D eigenvalue weighted by molar-refractivity contribution is 5.73. The van der Waals surface area contributed by atoms with Crippen molar-refractivity contribution < 1.29 is 24.0 Å². The predicted molar refractivity (Wildman–Crippen MR) is 118 cm³/mol. The molecule has 0 radical (unpaired) electrons. The van der Waals surface area contributed by atoms with Crippen LogP contribution in [0.15, 0.2) is 48.5 Å². The van der Waals surface area contributed by atoms with E-state index in [4.69, 9.17) is 15.2 Å². The molecule has 0 unspecified atom stereocenters. The Hall–Kier alpha value is -2.77. The molecule has 0 saturated carbocycles. The Morgan fingerprint density at radius 1 is 1.07 bits per heavy atom. The number of quaternary nitrogens is 1. The summed E-state index contributed by atoms with van der Waals surface area (Å²) in [5.74, 6) is 1.91. The van der Waals surface area contributed by atoms with Crippen LogP contribution in [-0.4, -0.2) is 49.1 Å². The SMILES string of the molecule is CC[NH+](CC)CCn1c(N)[n+](C[C@H](O)COc2ccccc2OC)c2ccccc21. The highest BCUT2D eigenvalue weighted by Gasteiger charge is 2.24. The van der Waals surface area contributed by atoms with Gasteiger partial charge in [0.1, 0.15) is 43.4 Å². The Balaban J connectivity index is 1.76. The van der Waals surface area contributed by atoms with Crippen LogP contribution >= 0.6 is 0 Å². The van der Waals surface area contributed by atoms with Gasteiger partial charge in [-0.25, -0.2) is 9.13 Å². The summed E-state index contributed by atoms with van der Waals surface area (Å²) >= 11 is 0. The molecule has 0 bridgehead atoms. The van der Waals surface area contributed by atoms with Gasteiger partial charge in [0.05, 0.1) is 20.2 Å². The molecule has 1 heterocycles. The van der Waals surface area contributed by atoms with Gasteiger partial charge >= 0.3 is 5.95 Å². The van der Waals surface area contributed by atoms with Gasteiger partial charge in [0, 0.05) is 0 Å².